The molecule has 0 unspecified atom stereocenters. The molecule has 12 aromatic rings. The van der Waals surface area contributed by atoms with Crippen molar-refractivity contribution in [2.75, 3.05) is 0 Å². The molecule has 276 valence electrons. The quantitative estimate of drug-likeness (QED) is 0.167. The van der Waals surface area contributed by atoms with Crippen LogP contribution in [0.15, 0.2) is 191 Å². The molecule has 8 aromatic carbocycles. The van der Waals surface area contributed by atoms with Crippen molar-refractivity contribution in [1.82, 2.24) is 29.5 Å². The van der Waals surface area contributed by atoms with Gasteiger partial charge in [0, 0.05) is 49.7 Å². The summed E-state index contributed by atoms with van der Waals surface area (Å²) in [6.07, 6.45) is 0. The molecule has 0 saturated heterocycles. The Balaban J connectivity index is 1.01. The van der Waals surface area contributed by atoms with Gasteiger partial charge in [-0.3, -0.25) is 0 Å². The maximum absolute atomic E-state index is 6.07. The van der Waals surface area contributed by atoms with E-state index in [9.17, 15) is 0 Å². The van der Waals surface area contributed by atoms with Crippen molar-refractivity contribution in [1.29, 1.82) is 0 Å². The van der Waals surface area contributed by atoms with Gasteiger partial charge >= 0.3 is 0 Å². The van der Waals surface area contributed by atoms with Crippen LogP contribution in [0.1, 0.15) is 0 Å². The maximum atomic E-state index is 6.07. The van der Waals surface area contributed by atoms with Crippen molar-refractivity contribution >= 4 is 54.8 Å². The van der Waals surface area contributed by atoms with E-state index in [2.05, 4.69) is 89.5 Å². The van der Waals surface area contributed by atoms with Crippen LogP contribution in [0.2, 0.25) is 0 Å². The molecule has 8 heteroatoms. The lowest BCUT2D eigenvalue weighted by atomic mass is 10.0. The smallest absolute Gasteiger partial charge is 0.227 e. The molecule has 12 rings (SSSR count). The average Bonchev–Trinajstić information content (AvgIpc) is 4.03. The molecule has 0 fully saturated rings. The van der Waals surface area contributed by atoms with Gasteiger partial charge < -0.3 is 13.4 Å². The number of oxazole rings is 2. The molecule has 8 nitrogen and oxygen atoms in total. The van der Waals surface area contributed by atoms with E-state index in [0.29, 0.717) is 29.3 Å². The van der Waals surface area contributed by atoms with Gasteiger partial charge in [0.2, 0.25) is 11.8 Å². The molecule has 0 saturated carbocycles. The van der Waals surface area contributed by atoms with Gasteiger partial charge in [-0.2, -0.15) is 0 Å². The standard InChI is InChI=1S/C51H30N6O2/c1-2-11-37(12-3-1)57-43-29-27-36(30-40(43)39-28-26-31-10-4-5-13-38(31)46(39)57)49-55-47(32-18-22-34(23-19-32)50-52-41-14-6-8-16-44(41)58-50)54-48(56-49)33-20-24-35(25-21-33)51-53-42-15-7-9-17-45(42)59-51/h1-30H. The minimum atomic E-state index is 0.551. The molecule has 0 spiro atoms. The van der Waals surface area contributed by atoms with Crippen molar-refractivity contribution in [3.8, 4) is 62.8 Å². The van der Waals surface area contributed by atoms with E-state index in [1.54, 1.807) is 0 Å². The first kappa shape index (κ1) is 33.0. The number of aromatic nitrogens is 6. The molecule has 0 amide bonds. The van der Waals surface area contributed by atoms with Crippen molar-refractivity contribution < 1.29 is 8.83 Å². The van der Waals surface area contributed by atoms with Gasteiger partial charge in [0.25, 0.3) is 0 Å². The average molecular weight is 759 g/mol. The lowest BCUT2D eigenvalue weighted by Crippen LogP contribution is -2.00. The predicted molar refractivity (Wildman–Crippen MR) is 234 cm³/mol. The van der Waals surface area contributed by atoms with E-state index in [1.807, 2.05) is 97.1 Å². The maximum Gasteiger partial charge on any atom is 0.227 e. The summed E-state index contributed by atoms with van der Waals surface area (Å²) in [6, 6.07) is 61.6. The molecule has 0 N–H and O–H groups in total. The molecule has 0 aliphatic carbocycles. The number of hydrogen-bond donors (Lipinski definition) is 0. The largest absolute Gasteiger partial charge is 0.436 e. The van der Waals surface area contributed by atoms with Crippen LogP contribution >= 0.6 is 0 Å². The van der Waals surface area contributed by atoms with Gasteiger partial charge in [-0.1, -0.05) is 103 Å². The summed E-state index contributed by atoms with van der Waals surface area (Å²) in [5.74, 6) is 2.79. The van der Waals surface area contributed by atoms with Gasteiger partial charge in [-0.15, -0.1) is 0 Å². The normalized spacial score (nSPS) is 11.7. The van der Waals surface area contributed by atoms with E-state index in [4.69, 9.17) is 33.8 Å². The predicted octanol–water partition coefficient (Wildman–Crippen LogP) is 12.7. The first-order chi connectivity index (χ1) is 29.2. The highest BCUT2D eigenvalue weighted by Crippen LogP contribution is 2.39. The molecule has 59 heavy (non-hydrogen) atoms. The molecule has 0 bridgehead atoms. The summed E-state index contributed by atoms with van der Waals surface area (Å²) in [4.78, 5) is 24.7. The fourth-order valence-corrected chi connectivity index (χ4v) is 8.04. The lowest BCUT2D eigenvalue weighted by Gasteiger charge is -2.10. The Morgan fingerprint density at radius 2 is 0.864 bits per heavy atom. The molecule has 0 atom stereocenters. The Morgan fingerprint density at radius 1 is 0.356 bits per heavy atom. The Hall–Kier alpha value is -8.23. The lowest BCUT2D eigenvalue weighted by molar-refractivity contribution is 0.619. The SMILES string of the molecule is c1ccc(-n2c3ccc(-c4nc(-c5ccc(-c6nc7ccccc7o6)cc5)nc(-c5ccc(-c6nc7ccccc7o6)cc5)n4)cc3c3ccc4ccccc4c32)cc1. The Labute approximate surface area is 336 Å². The number of rotatable bonds is 6. The molecular formula is C51H30N6O2. The van der Waals surface area contributed by atoms with E-state index >= 15 is 0 Å². The van der Waals surface area contributed by atoms with Crippen LogP contribution in [0.4, 0.5) is 0 Å². The summed E-state index contributed by atoms with van der Waals surface area (Å²) >= 11 is 0. The van der Waals surface area contributed by atoms with Crippen LogP contribution in [-0.4, -0.2) is 29.5 Å². The Morgan fingerprint density at radius 3 is 1.47 bits per heavy atom. The van der Waals surface area contributed by atoms with Crippen LogP contribution in [0.25, 0.3) is 118 Å². The van der Waals surface area contributed by atoms with Gasteiger partial charge in [0.05, 0.1) is 11.0 Å². The van der Waals surface area contributed by atoms with E-state index in [1.165, 1.54) is 10.8 Å². The zero-order chi connectivity index (χ0) is 38.9. The first-order valence-electron chi connectivity index (χ1n) is 19.4. The molecule has 0 aliphatic heterocycles. The second-order valence-corrected chi connectivity index (χ2v) is 14.5. The Bertz CT molecular complexity index is 3350. The second kappa shape index (κ2) is 13.2. The van der Waals surface area contributed by atoms with Crippen LogP contribution in [0, 0.1) is 0 Å². The summed E-state index contributed by atoms with van der Waals surface area (Å²) in [5, 5.41) is 4.65. The summed E-state index contributed by atoms with van der Waals surface area (Å²) < 4.78 is 14.5. The first-order valence-corrected chi connectivity index (χ1v) is 19.4. The molecule has 4 aromatic heterocycles. The van der Waals surface area contributed by atoms with Crippen LogP contribution in [0.3, 0.4) is 0 Å². The monoisotopic (exact) mass is 758 g/mol. The topological polar surface area (TPSA) is 95.7 Å². The zero-order valence-corrected chi connectivity index (χ0v) is 31.3. The van der Waals surface area contributed by atoms with Crippen molar-refractivity contribution in [2.45, 2.75) is 0 Å². The van der Waals surface area contributed by atoms with Crippen LogP contribution < -0.4 is 0 Å². The van der Waals surface area contributed by atoms with Crippen molar-refractivity contribution in [2.24, 2.45) is 0 Å². The highest BCUT2D eigenvalue weighted by atomic mass is 16.4. The molecule has 0 aliphatic rings. The number of benzene rings is 8. The van der Waals surface area contributed by atoms with Crippen LogP contribution in [-0.2, 0) is 0 Å². The third kappa shape index (κ3) is 5.57. The van der Waals surface area contributed by atoms with Gasteiger partial charge in [0.15, 0.2) is 28.6 Å². The minimum absolute atomic E-state index is 0.551. The fourth-order valence-electron chi connectivity index (χ4n) is 8.04. The van der Waals surface area contributed by atoms with Gasteiger partial charge in [-0.05, 0) is 84.2 Å². The van der Waals surface area contributed by atoms with Crippen molar-refractivity contribution in [3.63, 3.8) is 0 Å². The highest BCUT2D eigenvalue weighted by Gasteiger charge is 2.19. The van der Waals surface area contributed by atoms with E-state index < -0.39 is 0 Å². The zero-order valence-electron chi connectivity index (χ0n) is 31.3. The summed E-state index contributed by atoms with van der Waals surface area (Å²) in [6.45, 7) is 0. The van der Waals surface area contributed by atoms with Crippen LogP contribution in [0.5, 0.6) is 0 Å². The van der Waals surface area contributed by atoms with E-state index in [-0.39, 0.29) is 0 Å². The number of nitrogens with zero attached hydrogens (tertiary/aromatic N) is 6. The third-order valence-electron chi connectivity index (χ3n) is 10.9. The highest BCUT2D eigenvalue weighted by molar-refractivity contribution is 6.19. The fraction of sp³-hybridized carbons (Fsp3) is 0. The second-order valence-electron chi connectivity index (χ2n) is 14.5. The van der Waals surface area contributed by atoms with E-state index in [0.717, 1.165) is 77.5 Å². The number of para-hydroxylation sites is 5. The third-order valence-corrected chi connectivity index (χ3v) is 10.9. The number of fused-ring (bicyclic) bond motifs is 7. The van der Waals surface area contributed by atoms with Gasteiger partial charge in [-0.25, -0.2) is 24.9 Å². The Kier molecular flexibility index (Phi) is 7.36. The molecule has 4 heterocycles. The summed E-state index contributed by atoms with van der Waals surface area (Å²) in [7, 11) is 0. The molecule has 0 radical (unpaired) electrons. The minimum Gasteiger partial charge on any atom is -0.436 e. The summed E-state index contributed by atoms with van der Waals surface area (Å²) in [5.41, 5.74) is 10.8. The number of hydrogen-bond acceptors (Lipinski definition) is 7. The van der Waals surface area contributed by atoms with Crippen molar-refractivity contribution in [3.05, 3.63) is 182 Å². The molecular weight excluding hydrogens is 729 g/mol. The van der Waals surface area contributed by atoms with Gasteiger partial charge in [0.1, 0.15) is 11.0 Å².